The molecule has 1 aliphatic heterocycles. The Hall–Kier alpha value is -1.10. The van der Waals surface area contributed by atoms with Crippen LogP contribution in [0.2, 0.25) is 0 Å². The lowest BCUT2D eigenvalue weighted by atomic mass is 9.91. The molecule has 1 atom stereocenters. The molecule has 1 fully saturated rings. The average Bonchev–Trinajstić information content (AvgIpc) is 2.66. The predicted molar refractivity (Wildman–Crippen MR) is 71.1 cm³/mol. The molecule has 1 aliphatic rings. The molecule has 0 radical (unpaired) electrons. The first-order valence-electron chi connectivity index (χ1n) is 6.66. The zero-order valence-electron chi connectivity index (χ0n) is 11.9. The topological polar surface area (TPSA) is 61.4 Å². The summed E-state index contributed by atoms with van der Waals surface area (Å²) in [6, 6.07) is -0.0644. The van der Waals surface area contributed by atoms with E-state index >= 15 is 0 Å². The lowest BCUT2D eigenvalue weighted by Gasteiger charge is -2.28. The van der Waals surface area contributed by atoms with Crippen molar-refractivity contribution in [1.82, 2.24) is 15.5 Å². The van der Waals surface area contributed by atoms with Gasteiger partial charge in [0.15, 0.2) is 0 Å². The zero-order chi connectivity index (χ0) is 13.8. The van der Waals surface area contributed by atoms with Crippen molar-refractivity contribution in [2.75, 3.05) is 26.7 Å². The lowest BCUT2D eigenvalue weighted by Crippen LogP contribution is -2.46. The molecule has 5 heteroatoms. The standard InChI is InChI=1S/C13H25N3O2/c1-5-7-15-10-6-8-16(11(10)17)9-13(2,3)12(18)14-4/h10,15H,5-9H2,1-4H3,(H,14,18). The third-order valence-corrected chi connectivity index (χ3v) is 3.37. The quantitative estimate of drug-likeness (QED) is 0.720. The summed E-state index contributed by atoms with van der Waals surface area (Å²) in [5, 5.41) is 5.90. The number of hydrogen-bond acceptors (Lipinski definition) is 3. The Kier molecular flexibility index (Phi) is 5.14. The number of hydrogen-bond donors (Lipinski definition) is 2. The third kappa shape index (κ3) is 3.45. The molecule has 1 heterocycles. The van der Waals surface area contributed by atoms with E-state index in [9.17, 15) is 9.59 Å². The Bertz CT molecular complexity index is 315. The van der Waals surface area contributed by atoms with Crippen LogP contribution >= 0.6 is 0 Å². The van der Waals surface area contributed by atoms with Crippen molar-refractivity contribution in [2.45, 2.75) is 39.7 Å². The number of amides is 2. The number of carbonyl (C=O) groups excluding carboxylic acids is 2. The average molecular weight is 255 g/mol. The SMILES string of the molecule is CCCNC1CCN(CC(C)(C)C(=O)NC)C1=O. The molecule has 0 bridgehead atoms. The smallest absolute Gasteiger partial charge is 0.239 e. The van der Waals surface area contributed by atoms with Crippen LogP contribution in [0.25, 0.3) is 0 Å². The summed E-state index contributed by atoms with van der Waals surface area (Å²) >= 11 is 0. The van der Waals surface area contributed by atoms with Gasteiger partial charge in [-0.3, -0.25) is 9.59 Å². The van der Waals surface area contributed by atoms with Crippen molar-refractivity contribution >= 4 is 11.8 Å². The highest BCUT2D eigenvalue weighted by atomic mass is 16.2. The van der Waals surface area contributed by atoms with Crippen molar-refractivity contribution < 1.29 is 9.59 Å². The molecule has 1 unspecified atom stereocenters. The minimum absolute atomic E-state index is 0.0275. The molecule has 0 aromatic carbocycles. The van der Waals surface area contributed by atoms with Crippen LogP contribution in [0.1, 0.15) is 33.6 Å². The Morgan fingerprint density at radius 1 is 1.50 bits per heavy atom. The van der Waals surface area contributed by atoms with E-state index in [0.29, 0.717) is 6.54 Å². The van der Waals surface area contributed by atoms with E-state index in [1.165, 1.54) is 0 Å². The molecule has 18 heavy (non-hydrogen) atoms. The first kappa shape index (κ1) is 15.0. The van der Waals surface area contributed by atoms with Crippen molar-refractivity contribution in [3.05, 3.63) is 0 Å². The van der Waals surface area contributed by atoms with Gasteiger partial charge < -0.3 is 15.5 Å². The number of nitrogens with one attached hydrogen (secondary N) is 2. The number of likely N-dealkylation sites (tertiary alicyclic amines) is 1. The van der Waals surface area contributed by atoms with Gasteiger partial charge >= 0.3 is 0 Å². The van der Waals surface area contributed by atoms with E-state index < -0.39 is 5.41 Å². The predicted octanol–water partition coefficient (Wildman–Crippen LogP) is 0.359. The van der Waals surface area contributed by atoms with E-state index in [2.05, 4.69) is 17.6 Å². The fourth-order valence-electron chi connectivity index (χ4n) is 2.29. The van der Waals surface area contributed by atoms with Crippen LogP contribution in [0.5, 0.6) is 0 Å². The van der Waals surface area contributed by atoms with E-state index in [1.807, 2.05) is 13.8 Å². The van der Waals surface area contributed by atoms with Gasteiger partial charge in [-0.2, -0.15) is 0 Å². The Morgan fingerprint density at radius 3 is 2.72 bits per heavy atom. The molecule has 1 saturated heterocycles. The van der Waals surface area contributed by atoms with Crippen molar-refractivity contribution in [2.24, 2.45) is 5.41 Å². The van der Waals surface area contributed by atoms with E-state index in [1.54, 1.807) is 11.9 Å². The molecule has 1 rings (SSSR count). The maximum absolute atomic E-state index is 12.1. The van der Waals surface area contributed by atoms with Crippen LogP contribution in [-0.2, 0) is 9.59 Å². The second kappa shape index (κ2) is 6.18. The summed E-state index contributed by atoms with van der Waals surface area (Å²) in [5.74, 6) is 0.0979. The molecule has 2 N–H and O–H groups in total. The molecule has 0 aromatic heterocycles. The maximum Gasteiger partial charge on any atom is 0.239 e. The van der Waals surface area contributed by atoms with E-state index in [4.69, 9.17) is 0 Å². The molecule has 0 aliphatic carbocycles. The van der Waals surface area contributed by atoms with Gasteiger partial charge in [-0.05, 0) is 33.2 Å². The molecule has 0 aromatic rings. The largest absolute Gasteiger partial charge is 0.359 e. The summed E-state index contributed by atoms with van der Waals surface area (Å²) in [4.78, 5) is 25.6. The van der Waals surface area contributed by atoms with Gasteiger partial charge in [0.25, 0.3) is 0 Å². The minimum atomic E-state index is -0.538. The van der Waals surface area contributed by atoms with Crippen LogP contribution in [0.4, 0.5) is 0 Å². The fourth-order valence-corrected chi connectivity index (χ4v) is 2.29. The summed E-state index contributed by atoms with van der Waals surface area (Å²) in [6.07, 6.45) is 1.86. The van der Waals surface area contributed by atoms with Gasteiger partial charge in [0.1, 0.15) is 0 Å². The molecular formula is C13H25N3O2. The van der Waals surface area contributed by atoms with Gasteiger partial charge in [0, 0.05) is 20.1 Å². The normalized spacial score (nSPS) is 20.3. The van der Waals surface area contributed by atoms with Crippen molar-refractivity contribution in [3.63, 3.8) is 0 Å². The van der Waals surface area contributed by atoms with Gasteiger partial charge in [0.05, 0.1) is 11.5 Å². The van der Waals surface area contributed by atoms with Crippen LogP contribution in [0.15, 0.2) is 0 Å². The Balaban J connectivity index is 2.55. The first-order chi connectivity index (χ1) is 8.42. The number of carbonyl (C=O) groups is 2. The summed E-state index contributed by atoms with van der Waals surface area (Å²) in [7, 11) is 1.63. The zero-order valence-corrected chi connectivity index (χ0v) is 11.9. The van der Waals surface area contributed by atoms with Crippen molar-refractivity contribution in [1.29, 1.82) is 0 Å². The fraction of sp³-hybridized carbons (Fsp3) is 0.846. The molecule has 104 valence electrons. The van der Waals surface area contributed by atoms with Crippen LogP contribution < -0.4 is 10.6 Å². The van der Waals surface area contributed by atoms with Crippen LogP contribution in [0.3, 0.4) is 0 Å². The Morgan fingerprint density at radius 2 is 2.17 bits per heavy atom. The molecular weight excluding hydrogens is 230 g/mol. The molecule has 2 amide bonds. The highest BCUT2D eigenvalue weighted by Gasteiger charge is 2.37. The number of rotatable bonds is 6. The van der Waals surface area contributed by atoms with Crippen LogP contribution in [-0.4, -0.2) is 49.4 Å². The molecule has 0 saturated carbocycles. The van der Waals surface area contributed by atoms with Crippen molar-refractivity contribution in [3.8, 4) is 0 Å². The summed E-state index contributed by atoms with van der Waals surface area (Å²) < 4.78 is 0. The second-order valence-electron chi connectivity index (χ2n) is 5.52. The summed E-state index contributed by atoms with van der Waals surface area (Å²) in [6.45, 7) is 7.90. The molecule has 5 nitrogen and oxygen atoms in total. The van der Waals surface area contributed by atoms with Gasteiger partial charge in [-0.15, -0.1) is 0 Å². The Labute approximate surface area is 109 Å². The first-order valence-corrected chi connectivity index (χ1v) is 6.66. The summed E-state index contributed by atoms with van der Waals surface area (Å²) in [5.41, 5.74) is -0.538. The van der Waals surface area contributed by atoms with E-state index in [-0.39, 0.29) is 17.9 Å². The highest BCUT2D eigenvalue weighted by molar-refractivity contribution is 5.86. The lowest BCUT2D eigenvalue weighted by molar-refractivity contribution is -0.134. The van der Waals surface area contributed by atoms with Gasteiger partial charge in [0.2, 0.25) is 11.8 Å². The maximum atomic E-state index is 12.1. The second-order valence-corrected chi connectivity index (χ2v) is 5.52. The van der Waals surface area contributed by atoms with E-state index in [0.717, 1.165) is 25.9 Å². The highest BCUT2D eigenvalue weighted by Crippen LogP contribution is 2.21. The number of nitrogens with zero attached hydrogens (tertiary/aromatic N) is 1. The third-order valence-electron chi connectivity index (χ3n) is 3.37. The van der Waals surface area contributed by atoms with Gasteiger partial charge in [-0.1, -0.05) is 6.92 Å². The molecule has 0 spiro atoms. The minimum Gasteiger partial charge on any atom is -0.359 e. The monoisotopic (exact) mass is 255 g/mol. The van der Waals surface area contributed by atoms with Crippen LogP contribution in [0, 0.1) is 5.41 Å². The van der Waals surface area contributed by atoms with Gasteiger partial charge in [-0.25, -0.2) is 0 Å².